The summed E-state index contributed by atoms with van der Waals surface area (Å²) in [6, 6.07) is 0. The molecule has 1 aromatic heterocycles. The van der Waals surface area contributed by atoms with Crippen molar-refractivity contribution in [1.82, 2.24) is 9.97 Å². The Morgan fingerprint density at radius 3 is 3.00 bits per heavy atom. The molecule has 1 aromatic rings. The number of rotatable bonds is 3. The number of ether oxygens (including phenoxy) is 1. The van der Waals surface area contributed by atoms with E-state index in [1.54, 1.807) is 18.6 Å². The van der Waals surface area contributed by atoms with Crippen LogP contribution in [0.25, 0.3) is 0 Å². The number of carbonyl (C=O) groups excluding carboxylic acids is 1. The molecule has 0 amide bonds. The molecule has 4 nitrogen and oxygen atoms in total. The van der Waals surface area contributed by atoms with Gasteiger partial charge in [-0.05, 0) is 0 Å². The van der Waals surface area contributed by atoms with Crippen LogP contribution in [0.3, 0.4) is 0 Å². The molecule has 0 saturated carbocycles. The molecule has 1 rings (SSSR count). The number of esters is 1. The fourth-order valence-electron chi connectivity index (χ4n) is 0.848. The summed E-state index contributed by atoms with van der Waals surface area (Å²) < 4.78 is 4.81. The number of hydrogen-bond donors (Lipinski definition) is 1. The van der Waals surface area contributed by atoms with E-state index in [2.05, 4.69) is 22.6 Å². The molecule has 0 spiro atoms. The molecule has 0 fully saturated rings. The molecule has 13 heavy (non-hydrogen) atoms. The molecule has 1 unspecified atom stereocenters. The first-order valence-electron chi connectivity index (χ1n) is 3.78. The Labute approximate surface area is 81.8 Å². The SMILES string of the molecule is CC(=O)OC(S)Cc1cnccn1. The van der Waals surface area contributed by atoms with E-state index < -0.39 is 5.44 Å². The van der Waals surface area contributed by atoms with Crippen LogP contribution in [0.4, 0.5) is 0 Å². The van der Waals surface area contributed by atoms with Gasteiger partial charge in [0.05, 0.1) is 5.69 Å². The van der Waals surface area contributed by atoms with Crippen LogP contribution >= 0.6 is 12.6 Å². The van der Waals surface area contributed by atoms with Crippen LogP contribution in [-0.4, -0.2) is 21.4 Å². The van der Waals surface area contributed by atoms with Crippen molar-refractivity contribution < 1.29 is 9.53 Å². The largest absolute Gasteiger partial charge is 0.451 e. The third kappa shape index (κ3) is 3.89. The summed E-state index contributed by atoms with van der Waals surface area (Å²) in [7, 11) is 0. The highest BCUT2D eigenvalue weighted by Gasteiger charge is 2.07. The van der Waals surface area contributed by atoms with Gasteiger partial charge in [-0.15, -0.1) is 12.6 Å². The minimum absolute atomic E-state index is 0.344. The molecule has 5 heteroatoms. The molecule has 0 bridgehead atoms. The monoisotopic (exact) mass is 198 g/mol. The lowest BCUT2D eigenvalue weighted by molar-refractivity contribution is -0.142. The van der Waals surface area contributed by atoms with Crippen molar-refractivity contribution in [1.29, 1.82) is 0 Å². The number of carbonyl (C=O) groups is 1. The summed E-state index contributed by atoms with van der Waals surface area (Å²) in [5.41, 5.74) is 0.304. The number of aromatic nitrogens is 2. The Hall–Kier alpha value is -1.10. The maximum Gasteiger partial charge on any atom is 0.303 e. The molecule has 0 aliphatic carbocycles. The fraction of sp³-hybridized carbons (Fsp3) is 0.375. The maximum absolute atomic E-state index is 10.5. The molecule has 1 heterocycles. The van der Waals surface area contributed by atoms with Gasteiger partial charge in [-0.3, -0.25) is 14.8 Å². The lowest BCUT2D eigenvalue weighted by atomic mass is 10.3. The van der Waals surface area contributed by atoms with E-state index in [1.807, 2.05) is 0 Å². The van der Waals surface area contributed by atoms with Crippen LogP contribution in [-0.2, 0) is 16.0 Å². The first kappa shape index (κ1) is 9.98. The summed E-state index contributed by atoms with van der Waals surface area (Å²) in [6.45, 7) is 1.35. The average Bonchev–Trinajstić information content (AvgIpc) is 2.04. The van der Waals surface area contributed by atoms with Crippen LogP contribution in [0.2, 0.25) is 0 Å². The minimum Gasteiger partial charge on any atom is -0.451 e. The third-order valence-corrected chi connectivity index (χ3v) is 1.59. The zero-order valence-corrected chi connectivity index (χ0v) is 8.07. The van der Waals surface area contributed by atoms with Crippen LogP contribution in [0.15, 0.2) is 18.6 Å². The van der Waals surface area contributed by atoms with Crippen molar-refractivity contribution in [2.75, 3.05) is 0 Å². The second-order valence-electron chi connectivity index (χ2n) is 2.46. The van der Waals surface area contributed by atoms with Gasteiger partial charge in [0.1, 0.15) is 5.44 Å². The van der Waals surface area contributed by atoms with Gasteiger partial charge < -0.3 is 4.74 Å². The molecular weight excluding hydrogens is 188 g/mol. The summed E-state index contributed by atoms with van der Waals surface area (Å²) >= 11 is 4.07. The quantitative estimate of drug-likeness (QED) is 0.444. The van der Waals surface area contributed by atoms with Crippen molar-refractivity contribution >= 4 is 18.6 Å². The molecule has 0 aliphatic rings. The number of hydrogen-bond acceptors (Lipinski definition) is 5. The molecule has 1 atom stereocenters. The van der Waals surface area contributed by atoms with Gasteiger partial charge in [-0.25, -0.2) is 0 Å². The second-order valence-corrected chi connectivity index (χ2v) is 3.04. The molecular formula is C8H10N2O2S. The van der Waals surface area contributed by atoms with Gasteiger partial charge in [0, 0.05) is 31.9 Å². The maximum atomic E-state index is 10.5. The van der Waals surface area contributed by atoms with Gasteiger partial charge >= 0.3 is 5.97 Å². The Morgan fingerprint density at radius 1 is 1.69 bits per heavy atom. The minimum atomic E-state index is -0.450. The van der Waals surface area contributed by atoms with E-state index in [1.165, 1.54) is 6.92 Å². The highest BCUT2D eigenvalue weighted by molar-refractivity contribution is 7.80. The number of thiol groups is 1. The van der Waals surface area contributed by atoms with Crippen LogP contribution in [0.1, 0.15) is 12.6 Å². The normalized spacial score (nSPS) is 12.2. The van der Waals surface area contributed by atoms with Gasteiger partial charge in [-0.1, -0.05) is 0 Å². The van der Waals surface area contributed by atoms with E-state index in [4.69, 9.17) is 4.74 Å². The first-order valence-corrected chi connectivity index (χ1v) is 4.30. The summed E-state index contributed by atoms with van der Waals surface area (Å²) in [6.07, 6.45) is 5.26. The van der Waals surface area contributed by atoms with Crippen molar-refractivity contribution in [2.45, 2.75) is 18.8 Å². The molecule has 0 radical (unpaired) electrons. The van der Waals surface area contributed by atoms with Gasteiger partial charge in [-0.2, -0.15) is 0 Å². The van der Waals surface area contributed by atoms with E-state index in [0.29, 0.717) is 6.42 Å². The Balaban J connectivity index is 2.45. The van der Waals surface area contributed by atoms with Gasteiger partial charge in [0.15, 0.2) is 0 Å². The van der Waals surface area contributed by atoms with Crippen molar-refractivity contribution in [3.63, 3.8) is 0 Å². The second kappa shape index (κ2) is 4.81. The van der Waals surface area contributed by atoms with E-state index >= 15 is 0 Å². The Kier molecular flexibility index (Phi) is 3.70. The highest BCUT2D eigenvalue weighted by Crippen LogP contribution is 2.05. The molecule has 0 aromatic carbocycles. The molecule has 0 N–H and O–H groups in total. The lowest BCUT2D eigenvalue weighted by Crippen LogP contribution is -2.13. The summed E-state index contributed by atoms with van der Waals surface area (Å²) in [4.78, 5) is 18.4. The standard InChI is InChI=1S/C8H10N2O2S/c1-6(11)12-8(13)4-7-5-9-2-3-10-7/h2-3,5,8,13H,4H2,1H3. The van der Waals surface area contributed by atoms with Gasteiger partial charge in [0.25, 0.3) is 0 Å². The Bertz CT molecular complexity index is 279. The zero-order chi connectivity index (χ0) is 9.68. The smallest absolute Gasteiger partial charge is 0.303 e. The lowest BCUT2D eigenvalue weighted by Gasteiger charge is -2.09. The van der Waals surface area contributed by atoms with Crippen LogP contribution < -0.4 is 0 Å². The Morgan fingerprint density at radius 2 is 2.46 bits per heavy atom. The van der Waals surface area contributed by atoms with E-state index in [-0.39, 0.29) is 5.97 Å². The molecule has 0 aliphatic heterocycles. The topological polar surface area (TPSA) is 52.1 Å². The molecule has 0 saturated heterocycles. The van der Waals surface area contributed by atoms with Crippen LogP contribution in [0, 0.1) is 0 Å². The summed E-state index contributed by atoms with van der Waals surface area (Å²) in [5, 5.41) is 0. The van der Waals surface area contributed by atoms with Crippen LogP contribution in [0.5, 0.6) is 0 Å². The van der Waals surface area contributed by atoms with Crippen molar-refractivity contribution in [3.8, 4) is 0 Å². The van der Waals surface area contributed by atoms with Crippen molar-refractivity contribution in [3.05, 3.63) is 24.3 Å². The summed E-state index contributed by atoms with van der Waals surface area (Å²) in [5.74, 6) is -0.344. The predicted molar refractivity (Wildman–Crippen MR) is 50.3 cm³/mol. The third-order valence-electron chi connectivity index (χ3n) is 1.30. The van der Waals surface area contributed by atoms with Gasteiger partial charge in [0.2, 0.25) is 0 Å². The number of nitrogens with zero attached hydrogens (tertiary/aromatic N) is 2. The van der Waals surface area contributed by atoms with E-state index in [0.717, 1.165) is 5.69 Å². The average molecular weight is 198 g/mol. The van der Waals surface area contributed by atoms with Crippen molar-refractivity contribution in [2.24, 2.45) is 0 Å². The first-order chi connectivity index (χ1) is 6.18. The predicted octanol–water partition coefficient (Wildman–Crippen LogP) is 0.838. The van der Waals surface area contributed by atoms with E-state index in [9.17, 15) is 4.79 Å². The molecule has 70 valence electrons. The fourth-order valence-corrected chi connectivity index (χ4v) is 1.18. The zero-order valence-electron chi connectivity index (χ0n) is 7.17. The highest BCUT2D eigenvalue weighted by atomic mass is 32.1.